The summed E-state index contributed by atoms with van der Waals surface area (Å²) in [6.45, 7) is 9.34. The van der Waals surface area contributed by atoms with Crippen molar-refractivity contribution in [3.8, 4) is 22.3 Å². The Balaban J connectivity index is 1.48. The number of benzene rings is 4. The van der Waals surface area contributed by atoms with Gasteiger partial charge in [0.05, 0.1) is 0 Å². The molecule has 0 amide bonds. The minimum Gasteiger partial charge on any atom is -0.207 e. The molecule has 33 heavy (non-hydrogen) atoms. The lowest BCUT2D eigenvalue weighted by Crippen LogP contribution is -2.24. The maximum atomic E-state index is 13.3. The predicted octanol–water partition coefficient (Wildman–Crippen LogP) is 9.20. The van der Waals surface area contributed by atoms with E-state index < -0.39 is 0 Å². The SMILES string of the molecule is CC(C)(CCC(C)(C)c1cccc(-c2ccc(F)cc2)c1)c1ccc(-c2ccccc2)cc1. The summed E-state index contributed by atoms with van der Waals surface area (Å²) in [5, 5.41) is 0. The molecule has 0 aromatic heterocycles. The Morgan fingerprint density at radius 3 is 1.61 bits per heavy atom. The molecule has 0 aliphatic heterocycles. The number of rotatable bonds is 7. The summed E-state index contributed by atoms with van der Waals surface area (Å²) in [7, 11) is 0. The Morgan fingerprint density at radius 1 is 0.485 bits per heavy atom. The van der Waals surface area contributed by atoms with E-state index in [0.717, 1.165) is 24.0 Å². The molecule has 0 atom stereocenters. The molecule has 4 aromatic carbocycles. The van der Waals surface area contributed by atoms with Crippen molar-refractivity contribution < 1.29 is 4.39 Å². The van der Waals surface area contributed by atoms with Crippen LogP contribution < -0.4 is 0 Å². The van der Waals surface area contributed by atoms with Gasteiger partial charge in [-0.2, -0.15) is 0 Å². The van der Waals surface area contributed by atoms with Crippen LogP contribution in [0, 0.1) is 5.82 Å². The van der Waals surface area contributed by atoms with Crippen LogP contribution in [0.4, 0.5) is 4.39 Å². The zero-order chi connectivity index (χ0) is 23.5. The summed E-state index contributed by atoms with van der Waals surface area (Å²) in [5.41, 5.74) is 7.51. The van der Waals surface area contributed by atoms with E-state index in [1.165, 1.54) is 34.4 Å². The van der Waals surface area contributed by atoms with Gasteiger partial charge in [0, 0.05) is 0 Å². The van der Waals surface area contributed by atoms with Gasteiger partial charge in [0.2, 0.25) is 0 Å². The lowest BCUT2D eigenvalue weighted by atomic mass is 9.72. The second-order valence-corrected chi connectivity index (χ2v) is 10.3. The molecule has 0 radical (unpaired) electrons. The maximum absolute atomic E-state index is 13.3. The second kappa shape index (κ2) is 9.35. The third-order valence-electron chi connectivity index (χ3n) is 6.97. The molecule has 0 saturated carbocycles. The summed E-state index contributed by atoms with van der Waals surface area (Å²) >= 11 is 0. The van der Waals surface area contributed by atoms with Gasteiger partial charge in [0.15, 0.2) is 0 Å². The molecular weight excluding hydrogens is 403 g/mol. The van der Waals surface area contributed by atoms with Crippen LogP contribution in [0.2, 0.25) is 0 Å². The van der Waals surface area contributed by atoms with E-state index >= 15 is 0 Å². The molecule has 0 N–H and O–H groups in total. The van der Waals surface area contributed by atoms with Crippen LogP contribution >= 0.6 is 0 Å². The van der Waals surface area contributed by atoms with Crippen molar-refractivity contribution in [2.24, 2.45) is 0 Å². The van der Waals surface area contributed by atoms with Gasteiger partial charge in [-0.05, 0) is 69.2 Å². The van der Waals surface area contributed by atoms with Gasteiger partial charge in [-0.25, -0.2) is 4.39 Å². The van der Waals surface area contributed by atoms with Crippen LogP contribution in [0.1, 0.15) is 51.7 Å². The van der Waals surface area contributed by atoms with Crippen molar-refractivity contribution in [2.45, 2.75) is 51.4 Å². The van der Waals surface area contributed by atoms with Gasteiger partial charge in [0.25, 0.3) is 0 Å². The fourth-order valence-corrected chi connectivity index (χ4v) is 4.42. The maximum Gasteiger partial charge on any atom is 0.123 e. The van der Waals surface area contributed by atoms with Crippen molar-refractivity contribution >= 4 is 0 Å². The van der Waals surface area contributed by atoms with Gasteiger partial charge < -0.3 is 0 Å². The third kappa shape index (κ3) is 5.42. The third-order valence-corrected chi connectivity index (χ3v) is 6.97. The second-order valence-electron chi connectivity index (χ2n) is 10.3. The average Bonchev–Trinajstić information content (AvgIpc) is 2.84. The van der Waals surface area contributed by atoms with Crippen molar-refractivity contribution in [1.82, 2.24) is 0 Å². The molecule has 1 heteroatoms. The number of halogens is 1. The Labute approximate surface area is 198 Å². The van der Waals surface area contributed by atoms with Gasteiger partial charge in [-0.1, -0.05) is 119 Å². The van der Waals surface area contributed by atoms with Gasteiger partial charge in [-0.3, -0.25) is 0 Å². The molecule has 0 saturated heterocycles. The molecule has 0 nitrogen and oxygen atoms in total. The van der Waals surface area contributed by atoms with Crippen LogP contribution in [0.15, 0.2) is 103 Å². The van der Waals surface area contributed by atoms with Crippen LogP contribution in [0.5, 0.6) is 0 Å². The van der Waals surface area contributed by atoms with Crippen LogP contribution in [-0.4, -0.2) is 0 Å². The topological polar surface area (TPSA) is 0 Å². The van der Waals surface area contributed by atoms with Crippen LogP contribution in [0.25, 0.3) is 22.3 Å². The standard InChI is InChI=1S/C32H33F/c1-31(2,28-17-13-25(14-18-28)24-9-6-5-7-10-24)21-22-32(3,4)29-12-8-11-27(23-29)26-15-19-30(33)20-16-26/h5-20,23H,21-22H2,1-4H3. The molecule has 0 heterocycles. The monoisotopic (exact) mass is 436 g/mol. The Hall–Kier alpha value is -3.19. The fraction of sp³-hybridized carbons (Fsp3) is 0.250. The van der Waals surface area contributed by atoms with Crippen molar-refractivity contribution in [2.75, 3.05) is 0 Å². The molecule has 4 aromatic rings. The normalized spacial score (nSPS) is 12.0. The highest BCUT2D eigenvalue weighted by molar-refractivity contribution is 5.65. The zero-order valence-corrected chi connectivity index (χ0v) is 20.1. The zero-order valence-electron chi connectivity index (χ0n) is 20.1. The molecule has 0 aliphatic rings. The van der Waals surface area contributed by atoms with Crippen LogP contribution in [-0.2, 0) is 10.8 Å². The summed E-state index contributed by atoms with van der Waals surface area (Å²) in [6.07, 6.45) is 2.17. The summed E-state index contributed by atoms with van der Waals surface area (Å²) in [5.74, 6) is -0.200. The molecule has 168 valence electrons. The Bertz CT molecular complexity index is 1180. The van der Waals surface area contributed by atoms with Crippen LogP contribution in [0.3, 0.4) is 0 Å². The van der Waals surface area contributed by atoms with Crippen molar-refractivity contribution in [3.63, 3.8) is 0 Å². The van der Waals surface area contributed by atoms with E-state index in [9.17, 15) is 4.39 Å². The fourth-order valence-electron chi connectivity index (χ4n) is 4.42. The highest BCUT2D eigenvalue weighted by atomic mass is 19.1. The molecular formula is C32H33F. The van der Waals surface area contributed by atoms with Crippen molar-refractivity contribution in [3.05, 3.63) is 120 Å². The van der Waals surface area contributed by atoms with E-state index in [0.29, 0.717) is 0 Å². The predicted molar refractivity (Wildman–Crippen MR) is 139 cm³/mol. The molecule has 0 spiro atoms. The van der Waals surface area contributed by atoms with Gasteiger partial charge in [0.1, 0.15) is 5.82 Å². The summed E-state index contributed by atoms with van der Waals surface area (Å²) < 4.78 is 13.3. The summed E-state index contributed by atoms with van der Waals surface area (Å²) in [4.78, 5) is 0. The Kier molecular flexibility index (Phi) is 6.51. The van der Waals surface area contributed by atoms with E-state index in [1.807, 2.05) is 12.1 Å². The van der Waals surface area contributed by atoms with E-state index in [2.05, 4.69) is 107 Å². The van der Waals surface area contributed by atoms with E-state index in [-0.39, 0.29) is 16.6 Å². The van der Waals surface area contributed by atoms with E-state index in [4.69, 9.17) is 0 Å². The summed E-state index contributed by atoms with van der Waals surface area (Å²) in [6, 6.07) is 35.0. The first-order chi connectivity index (χ1) is 15.7. The first-order valence-corrected chi connectivity index (χ1v) is 11.8. The molecule has 0 fully saturated rings. The van der Waals surface area contributed by atoms with Gasteiger partial charge in [-0.15, -0.1) is 0 Å². The number of hydrogen-bond acceptors (Lipinski definition) is 0. The largest absolute Gasteiger partial charge is 0.207 e. The average molecular weight is 437 g/mol. The molecule has 0 aliphatic carbocycles. The highest BCUT2D eigenvalue weighted by Crippen LogP contribution is 2.37. The quantitative estimate of drug-likeness (QED) is 0.271. The smallest absolute Gasteiger partial charge is 0.123 e. The van der Waals surface area contributed by atoms with Crippen molar-refractivity contribution in [1.29, 1.82) is 0 Å². The Morgan fingerprint density at radius 2 is 0.970 bits per heavy atom. The molecule has 0 bridgehead atoms. The first-order valence-electron chi connectivity index (χ1n) is 11.8. The minimum atomic E-state index is -0.200. The lowest BCUT2D eigenvalue weighted by molar-refractivity contribution is 0.375. The van der Waals surface area contributed by atoms with E-state index in [1.54, 1.807) is 0 Å². The first kappa shape index (κ1) is 23.0. The molecule has 4 rings (SSSR count). The number of hydrogen-bond donors (Lipinski definition) is 0. The minimum absolute atomic E-state index is 0.0390. The highest BCUT2D eigenvalue weighted by Gasteiger charge is 2.27. The lowest BCUT2D eigenvalue weighted by Gasteiger charge is -2.32. The molecule has 0 unspecified atom stereocenters. The van der Waals surface area contributed by atoms with Gasteiger partial charge >= 0.3 is 0 Å².